The number of benzene rings is 1. The SMILES string of the molecule is CC(C)(O)CNC(=O)CCCSc1ccccc1. The number of thioether (sulfide) groups is 1. The van der Waals surface area contributed by atoms with Gasteiger partial charge in [-0.25, -0.2) is 0 Å². The molecule has 4 heteroatoms. The maximum absolute atomic E-state index is 11.5. The van der Waals surface area contributed by atoms with Gasteiger partial charge in [0.25, 0.3) is 0 Å². The highest BCUT2D eigenvalue weighted by Gasteiger charge is 2.13. The summed E-state index contributed by atoms with van der Waals surface area (Å²) in [4.78, 5) is 12.7. The van der Waals surface area contributed by atoms with Crippen molar-refractivity contribution in [3.63, 3.8) is 0 Å². The number of amides is 1. The predicted octanol–water partition coefficient (Wildman–Crippen LogP) is 2.45. The van der Waals surface area contributed by atoms with Gasteiger partial charge in [0.1, 0.15) is 0 Å². The van der Waals surface area contributed by atoms with E-state index in [0.717, 1.165) is 12.2 Å². The largest absolute Gasteiger partial charge is 0.389 e. The first-order valence-electron chi connectivity index (χ1n) is 6.14. The molecule has 0 aliphatic heterocycles. The van der Waals surface area contributed by atoms with Crippen molar-refractivity contribution in [3.05, 3.63) is 30.3 Å². The van der Waals surface area contributed by atoms with Crippen molar-refractivity contribution in [1.29, 1.82) is 0 Å². The molecular formula is C14H21NO2S. The number of rotatable bonds is 7. The van der Waals surface area contributed by atoms with E-state index in [1.54, 1.807) is 25.6 Å². The minimum Gasteiger partial charge on any atom is -0.389 e. The maximum Gasteiger partial charge on any atom is 0.220 e. The monoisotopic (exact) mass is 267 g/mol. The molecule has 0 aliphatic carbocycles. The van der Waals surface area contributed by atoms with Crippen molar-refractivity contribution in [2.24, 2.45) is 0 Å². The molecule has 100 valence electrons. The average Bonchev–Trinajstić information content (AvgIpc) is 2.33. The summed E-state index contributed by atoms with van der Waals surface area (Å²) in [5.41, 5.74) is -0.839. The van der Waals surface area contributed by atoms with E-state index in [4.69, 9.17) is 0 Å². The molecule has 0 spiro atoms. The average molecular weight is 267 g/mol. The van der Waals surface area contributed by atoms with Crippen LogP contribution in [-0.4, -0.2) is 28.9 Å². The Balaban J connectivity index is 2.09. The van der Waals surface area contributed by atoms with Crippen LogP contribution in [0.1, 0.15) is 26.7 Å². The lowest BCUT2D eigenvalue weighted by Crippen LogP contribution is -2.38. The lowest BCUT2D eigenvalue weighted by molar-refractivity contribution is -0.122. The third-order valence-electron chi connectivity index (χ3n) is 2.28. The van der Waals surface area contributed by atoms with Crippen LogP contribution in [0.4, 0.5) is 0 Å². The predicted molar refractivity (Wildman–Crippen MR) is 75.7 cm³/mol. The van der Waals surface area contributed by atoms with Gasteiger partial charge in [-0.1, -0.05) is 18.2 Å². The molecule has 0 heterocycles. The number of hydrogen-bond acceptors (Lipinski definition) is 3. The lowest BCUT2D eigenvalue weighted by atomic mass is 10.1. The van der Waals surface area contributed by atoms with E-state index in [2.05, 4.69) is 17.4 Å². The normalized spacial score (nSPS) is 11.3. The topological polar surface area (TPSA) is 49.3 Å². The number of aliphatic hydroxyl groups is 1. The highest BCUT2D eigenvalue weighted by Crippen LogP contribution is 2.18. The van der Waals surface area contributed by atoms with Crippen molar-refractivity contribution in [1.82, 2.24) is 5.32 Å². The quantitative estimate of drug-likeness (QED) is 0.589. The van der Waals surface area contributed by atoms with E-state index in [1.165, 1.54) is 4.90 Å². The summed E-state index contributed by atoms with van der Waals surface area (Å²) in [7, 11) is 0. The molecule has 2 N–H and O–H groups in total. The molecule has 0 fully saturated rings. The van der Waals surface area contributed by atoms with Crippen molar-refractivity contribution >= 4 is 17.7 Å². The van der Waals surface area contributed by atoms with Crippen molar-refractivity contribution < 1.29 is 9.90 Å². The molecular weight excluding hydrogens is 246 g/mol. The van der Waals surface area contributed by atoms with E-state index in [0.29, 0.717) is 13.0 Å². The van der Waals surface area contributed by atoms with Crippen LogP contribution in [0.3, 0.4) is 0 Å². The van der Waals surface area contributed by atoms with Gasteiger partial charge in [-0.2, -0.15) is 0 Å². The van der Waals surface area contributed by atoms with Gasteiger partial charge in [-0.3, -0.25) is 4.79 Å². The third kappa shape index (κ3) is 7.35. The van der Waals surface area contributed by atoms with Crippen LogP contribution in [0.25, 0.3) is 0 Å². The molecule has 1 rings (SSSR count). The first-order chi connectivity index (χ1) is 8.47. The van der Waals surface area contributed by atoms with Gasteiger partial charge in [0.2, 0.25) is 5.91 Å². The summed E-state index contributed by atoms with van der Waals surface area (Å²) in [6.07, 6.45) is 1.35. The van der Waals surface area contributed by atoms with Gasteiger partial charge in [0.15, 0.2) is 0 Å². The Labute approximate surface area is 113 Å². The number of carbonyl (C=O) groups excluding carboxylic acids is 1. The third-order valence-corrected chi connectivity index (χ3v) is 3.38. The summed E-state index contributed by atoms with van der Waals surface area (Å²) in [5, 5.41) is 12.2. The molecule has 0 saturated heterocycles. The molecule has 0 atom stereocenters. The molecule has 0 aliphatic rings. The van der Waals surface area contributed by atoms with Crippen molar-refractivity contribution in [2.75, 3.05) is 12.3 Å². The summed E-state index contributed by atoms with van der Waals surface area (Å²) in [5.74, 6) is 0.936. The molecule has 1 aromatic carbocycles. The van der Waals surface area contributed by atoms with Crippen molar-refractivity contribution in [3.8, 4) is 0 Å². The molecule has 0 saturated carbocycles. The Bertz CT molecular complexity index is 360. The van der Waals surface area contributed by atoms with E-state index < -0.39 is 5.60 Å². The first kappa shape index (κ1) is 15.1. The van der Waals surface area contributed by atoms with Crippen LogP contribution in [0.2, 0.25) is 0 Å². The highest BCUT2D eigenvalue weighted by molar-refractivity contribution is 7.99. The van der Waals surface area contributed by atoms with Crippen LogP contribution in [-0.2, 0) is 4.79 Å². The van der Waals surface area contributed by atoms with Crippen molar-refractivity contribution in [2.45, 2.75) is 37.2 Å². The minimum absolute atomic E-state index is 0.00536. The number of nitrogens with one attached hydrogen (secondary N) is 1. The van der Waals surface area contributed by atoms with Gasteiger partial charge in [0.05, 0.1) is 5.60 Å². The summed E-state index contributed by atoms with van der Waals surface area (Å²) in [6.45, 7) is 3.66. The molecule has 1 amide bonds. The van der Waals surface area contributed by atoms with Crippen LogP contribution in [0.5, 0.6) is 0 Å². The number of carbonyl (C=O) groups is 1. The van der Waals surface area contributed by atoms with Gasteiger partial charge in [0, 0.05) is 17.9 Å². The smallest absolute Gasteiger partial charge is 0.220 e. The van der Waals surface area contributed by atoms with E-state index >= 15 is 0 Å². The Morgan fingerprint density at radius 1 is 1.33 bits per heavy atom. The molecule has 0 aromatic heterocycles. The molecule has 3 nitrogen and oxygen atoms in total. The highest BCUT2D eigenvalue weighted by atomic mass is 32.2. The van der Waals surface area contributed by atoms with Crippen LogP contribution in [0, 0.1) is 0 Å². The van der Waals surface area contributed by atoms with E-state index in [9.17, 15) is 9.90 Å². The Morgan fingerprint density at radius 3 is 2.61 bits per heavy atom. The first-order valence-corrected chi connectivity index (χ1v) is 7.13. The summed E-state index contributed by atoms with van der Waals surface area (Å²) >= 11 is 1.76. The summed E-state index contributed by atoms with van der Waals surface area (Å²) < 4.78 is 0. The fraction of sp³-hybridized carbons (Fsp3) is 0.500. The zero-order chi connectivity index (χ0) is 13.4. The van der Waals surface area contributed by atoms with E-state index in [-0.39, 0.29) is 5.91 Å². The van der Waals surface area contributed by atoms with E-state index in [1.807, 2.05) is 18.2 Å². The second kappa shape index (κ2) is 7.44. The fourth-order valence-electron chi connectivity index (χ4n) is 1.34. The zero-order valence-corrected chi connectivity index (χ0v) is 11.8. The lowest BCUT2D eigenvalue weighted by Gasteiger charge is -2.17. The standard InChI is InChI=1S/C14H21NO2S/c1-14(2,17)11-15-13(16)9-6-10-18-12-7-4-3-5-8-12/h3-5,7-8,17H,6,9-11H2,1-2H3,(H,15,16). The molecule has 0 bridgehead atoms. The Morgan fingerprint density at radius 2 is 2.00 bits per heavy atom. The van der Waals surface area contributed by atoms with Crippen LogP contribution >= 0.6 is 11.8 Å². The Hall–Kier alpha value is -1.00. The van der Waals surface area contributed by atoms with Gasteiger partial charge in [-0.05, 0) is 38.2 Å². The van der Waals surface area contributed by atoms with Gasteiger partial charge < -0.3 is 10.4 Å². The van der Waals surface area contributed by atoms with Gasteiger partial charge >= 0.3 is 0 Å². The summed E-state index contributed by atoms with van der Waals surface area (Å²) in [6, 6.07) is 10.2. The molecule has 0 unspecified atom stereocenters. The van der Waals surface area contributed by atoms with Gasteiger partial charge in [-0.15, -0.1) is 11.8 Å². The fourth-order valence-corrected chi connectivity index (χ4v) is 2.22. The number of hydrogen-bond donors (Lipinski definition) is 2. The second-order valence-corrected chi connectivity index (χ2v) is 6.02. The molecule has 0 radical (unpaired) electrons. The zero-order valence-electron chi connectivity index (χ0n) is 11.0. The molecule has 1 aromatic rings. The second-order valence-electron chi connectivity index (χ2n) is 4.85. The minimum atomic E-state index is -0.839. The molecule has 18 heavy (non-hydrogen) atoms. The van der Waals surface area contributed by atoms with Crippen LogP contribution < -0.4 is 5.32 Å². The Kier molecular flexibility index (Phi) is 6.22. The van der Waals surface area contributed by atoms with Crippen LogP contribution in [0.15, 0.2) is 35.2 Å². The maximum atomic E-state index is 11.5.